The smallest absolute Gasteiger partial charge is 0.408 e. The van der Waals surface area contributed by atoms with Crippen molar-refractivity contribution in [3.05, 3.63) is 144 Å². The van der Waals surface area contributed by atoms with Crippen molar-refractivity contribution in [2.75, 3.05) is 0 Å². The number of alkyl carbamates (subject to hydrolysis) is 1. The van der Waals surface area contributed by atoms with E-state index in [0.717, 1.165) is 22.3 Å². The standard InChI is InChI=1S/C35H38N4O4/c1-34(2,3)43-33(42)37-30(32(41)39-36-25-26-16-8-4-9-17-26)24-31(40)38-35(27-18-10-5-11-19-27,28-20-12-6-13-21-28)29-22-14-7-15-23-29/h4-23,30,36H,24-25H2,1-3H3,(H,37,42)(H,38,40)(H,39,41)/t30-/m0/s1. The van der Waals surface area contributed by atoms with Gasteiger partial charge in [-0.1, -0.05) is 121 Å². The van der Waals surface area contributed by atoms with Crippen LogP contribution in [-0.4, -0.2) is 29.6 Å². The Morgan fingerprint density at radius 2 is 1.12 bits per heavy atom. The molecule has 4 rings (SSSR count). The Morgan fingerprint density at radius 3 is 1.56 bits per heavy atom. The van der Waals surface area contributed by atoms with Crippen molar-refractivity contribution in [3.8, 4) is 0 Å². The van der Waals surface area contributed by atoms with Crippen LogP contribution in [0.4, 0.5) is 4.79 Å². The number of hydrogen-bond acceptors (Lipinski definition) is 5. The minimum atomic E-state index is -1.22. The van der Waals surface area contributed by atoms with Crippen molar-refractivity contribution in [2.45, 2.75) is 50.9 Å². The fourth-order valence-electron chi connectivity index (χ4n) is 4.80. The van der Waals surface area contributed by atoms with Gasteiger partial charge in [0.1, 0.15) is 17.2 Å². The van der Waals surface area contributed by atoms with Crippen LogP contribution < -0.4 is 21.5 Å². The van der Waals surface area contributed by atoms with Crippen molar-refractivity contribution >= 4 is 17.9 Å². The highest BCUT2D eigenvalue weighted by Gasteiger charge is 2.39. The van der Waals surface area contributed by atoms with Crippen LogP contribution in [0.2, 0.25) is 0 Å². The molecule has 0 radical (unpaired) electrons. The first-order valence-electron chi connectivity index (χ1n) is 14.2. The Labute approximate surface area is 252 Å². The summed E-state index contributed by atoms with van der Waals surface area (Å²) in [6.07, 6.45) is -1.14. The molecular formula is C35H38N4O4. The Balaban J connectivity index is 1.63. The molecule has 0 unspecified atom stereocenters. The van der Waals surface area contributed by atoms with E-state index >= 15 is 0 Å². The van der Waals surface area contributed by atoms with E-state index in [2.05, 4.69) is 21.5 Å². The molecule has 8 nitrogen and oxygen atoms in total. The summed E-state index contributed by atoms with van der Waals surface area (Å²) in [6, 6.07) is 37.3. The maximum Gasteiger partial charge on any atom is 0.408 e. The summed E-state index contributed by atoms with van der Waals surface area (Å²) in [6.45, 7) is 5.54. The third-order valence-corrected chi connectivity index (χ3v) is 6.69. The van der Waals surface area contributed by atoms with Gasteiger partial charge in [0.15, 0.2) is 0 Å². The van der Waals surface area contributed by atoms with Crippen molar-refractivity contribution in [2.24, 2.45) is 0 Å². The summed E-state index contributed by atoms with van der Waals surface area (Å²) in [7, 11) is 0. The number of carbonyl (C=O) groups is 3. The molecule has 1 atom stereocenters. The van der Waals surface area contributed by atoms with Crippen LogP contribution >= 0.6 is 0 Å². The lowest BCUT2D eigenvalue weighted by molar-refractivity contribution is -0.129. The molecular weight excluding hydrogens is 540 g/mol. The molecule has 0 heterocycles. The van der Waals surface area contributed by atoms with Gasteiger partial charge in [-0.15, -0.1) is 0 Å². The van der Waals surface area contributed by atoms with Gasteiger partial charge in [-0.2, -0.15) is 0 Å². The van der Waals surface area contributed by atoms with Gasteiger partial charge in [0, 0.05) is 6.54 Å². The zero-order valence-electron chi connectivity index (χ0n) is 24.7. The Hall–Kier alpha value is -4.95. The van der Waals surface area contributed by atoms with Crippen LogP contribution in [0.25, 0.3) is 0 Å². The van der Waals surface area contributed by atoms with Gasteiger partial charge in [-0.05, 0) is 43.0 Å². The topological polar surface area (TPSA) is 109 Å². The van der Waals surface area contributed by atoms with E-state index in [1.165, 1.54) is 0 Å². The predicted molar refractivity (Wildman–Crippen MR) is 167 cm³/mol. The van der Waals surface area contributed by atoms with Crippen LogP contribution in [0, 0.1) is 0 Å². The van der Waals surface area contributed by atoms with E-state index in [4.69, 9.17) is 4.74 Å². The molecule has 0 saturated carbocycles. The van der Waals surface area contributed by atoms with Crippen molar-refractivity contribution in [1.82, 2.24) is 21.5 Å². The van der Waals surface area contributed by atoms with E-state index in [-0.39, 0.29) is 6.42 Å². The summed E-state index contributed by atoms with van der Waals surface area (Å²) in [5, 5.41) is 5.82. The van der Waals surface area contributed by atoms with E-state index < -0.39 is 35.1 Å². The molecule has 0 saturated heterocycles. The highest BCUT2D eigenvalue weighted by molar-refractivity contribution is 5.91. The van der Waals surface area contributed by atoms with Gasteiger partial charge in [0.2, 0.25) is 5.91 Å². The summed E-state index contributed by atoms with van der Waals surface area (Å²) < 4.78 is 5.40. The van der Waals surface area contributed by atoms with Gasteiger partial charge in [-0.3, -0.25) is 15.0 Å². The fourth-order valence-corrected chi connectivity index (χ4v) is 4.80. The molecule has 222 valence electrons. The Bertz CT molecular complexity index is 1380. The van der Waals surface area contributed by atoms with Gasteiger partial charge < -0.3 is 15.4 Å². The normalized spacial score (nSPS) is 12.1. The maximum absolute atomic E-state index is 14.0. The number of hydrazine groups is 1. The van der Waals surface area contributed by atoms with Gasteiger partial charge in [0.25, 0.3) is 5.91 Å². The van der Waals surface area contributed by atoms with E-state index in [1.807, 2.05) is 121 Å². The second kappa shape index (κ2) is 14.3. The number of carbonyl (C=O) groups excluding carboxylic acids is 3. The number of hydrogen-bond donors (Lipinski definition) is 4. The minimum absolute atomic E-state index is 0.341. The number of rotatable bonds is 11. The summed E-state index contributed by atoms with van der Waals surface area (Å²) in [5.74, 6) is -1.03. The molecule has 0 bridgehead atoms. The van der Waals surface area contributed by atoms with Crippen LogP contribution in [0.5, 0.6) is 0 Å². The van der Waals surface area contributed by atoms with Gasteiger partial charge >= 0.3 is 6.09 Å². The summed E-state index contributed by atoms with van der Waals surface area (Å²) in [4.78, 5) is 40.0. The SMILES string of the molecule is CC(C)(C)OC(=O)N[C@@H](CC(=O)NC(c1ccccc1)(c1ccccc1)c1ccccc1)C(=O)NNCc1ccccc1. The molecule has 4 aromatic carbocycles. The first-order chi connectivity index (χ1) is 20.7. The monoisotopic (exact) mass is 578 g/mol. The summed E-state index contributed by atoms with van der Waals surface area (Å²) in [5.41, 5.74) is 7.11. The fraction of sp³-hybridized carbons (Fsp3) is 0.229. The molecule has 0 spiro atoms. The average molecular weight is 579 g/mol. The molecule has 0 aliphatic carbocycles. The quantitative estimate of drug-likeness (QED) is 0.145. The van der Waals surface area contributed by atoms with E-state index in [1.54, 1.807) is 20.8 Å². The molecule has 0 aliphatic rings. The lowest BCUT2D eigenvalue weighted by Crippen LogP contribution is -2.55. The van der Waals surface area contributed by atoms with Crippen molar-refractivity contribution in [1.29, 1.82) is 0 Å². The largest absolute Gasteiger partial charge is 0.444 e. The maximum atomic E-state index is 14.0. The minimum Gasteiger partial charge on any atom is -0.444 e. The lowest BCUT2D eigenvalue weighted by Gasteiger charge is -2.37. The number of ether oxygens (including phenoxy) is 1. The predicted octanol–water partition coefficient (Wildman–Crippen LogP) is 5.20. The molecule has 3 amide bonds. The zero-order valence-corrected chi connectivity index (χ0v) is 24.7. The highest BCUT2D eigenvalue weighted by Crippen LogP contribution is 2.36. The third kappa shape index (κ3) is 8.53. The van der Waals surface area contributed by atoms with Crippen molar-refractivity contribution in [3.63, 3.8) is 0 Å². The molecule has 0 fully saturated rings. The van der Waals surface area contributed by atoms with Crippen LogP contribution in [0.15, 0.2) is 121 Å². The third-order valence-electron chi connectivity index (χ3n) is 6.69. The molecule has 4 N–H and O–H groups in total. The Morgan fingerprint density at radius 1 is 0.674 bits per heavy atom. The van der Waals surface area contributed by atoms with E-state index in [9.17, 15) is 14.4 Å². The van der Waals surface area contributed by atoms with Gasteiger partial charge in [0.05, 0.1) is 6.42 Å². The van der Waals surface area contributed by atoms with E-state index in [0.29, 0.717) is 6.54 Å². The van der Waals surface area contributed by atoms with Crippen LogP contribution in [-0.2, 0) is 26.4 Å². The first-order valence-corrected chi connectivity index (χ1v) is 14.2. The average Bonchev–Trinajstić information content (AvgIpc) is 3.00. The second-order valence-electron chi connectivity index (χ2n) is 11.1. The molecule has 8 heteroatoms. The number of benzene rings is 4. The number of amides is 3. The summed E-state index contributed by atoms with van der Waals surface area (Å²) >= 11 is 0. The van der Waals surface area contributed by atoms with Crippen LogP contribution in [0.3, 0.4) is 0 Å². The molecule has 0 aromatic heterocycles. The first kappa shape index (κ1) is 31.0. The lowest BCUT2D eigenvalue weighted by atomic mass is 9.77. The molecule has 43 heavy (non-hydrogen) atoms. The van der Waals surface area contributed by atoms with Crippen molar-refractivity contribution < 1.29 is 19.1 Å². The molecule has 0 aliphatic heterocycles. The number of nitrogens with one attached hydrogen (secondary N) is 4. The zero-order chi connectivity index (χ0) is 30.7. The molecule has 4 aromatic rings. The second-order valence-corrected chi connectivity index (χ2v) is 11.1. The van der Waals surface area contributed by atoms with Gasteiger partial charge in [-0.25, -0.2) is 10.2 Å². The highest BCUT2D eigenvalue weighted by atomic mass is 16.6. The van der Waals surface area contributed by atoms with Crippen LogP contribution in [0.1, 0.15) is 49.4 Å². The Kier molecular flexibility index (Phi) is 10.3.